The summed E-state index contributed by atoms with van der Waals surface area (Å²) in [5, 5.41) is 17.7. The number of nitrogens with one attached hydrogen (secondary N) is 1. The number of rotatable bonds is 5. The van der Waals surface area contributed by atoms with Crippen LogP contribution in [0.4, 0.5) is 5.69 Å². The average Bonchev–Trinajstić information content (AvgIpc) is 2.62. The molecule has 0 radical (unpaired) electrons. The standard InChI is InChI=1S/C14H20N2O3.C2H2O4/c1-18-13-4-2-12(3-5-13)15-14(17)6-7-16-8-10-19-11-9-16;3-1(4)2(5)6/h2-5H,6-11H2,1H3,(H,15,17);(H,3,4)(H,5,6). The molecule has 0 atom stereocenters. The fraction of sp³-hybridized carbons (Fsp3) is 0.438. The fourth-order valence-corrected chi connectivity index (χ4v) is 1.98. The number of morpholine rings is 1. The Morgan fingerprint density at radius 2 is 1.68 bits per heavy atom. The fourth-order valence-electron chi connectivity index (χ4n) is 1.98. The number of benzene rings is 1. The van der Waals surface area contributed by atoms with E-state index in [9.17, 15) is 4.79 Å². The van der Waals surface area contributed by atoms with Gasteiger partial charge in [0.15, 0.2) is 0 Å². The summed E-state index contributed by atoms with van der Waals surface area (Å²) in [6.45, 7) is 4.14. The summed E-state index contributed by atoms with van der Waals surface area (Å²) in [7, 11) is 1.62. The number of amides is 1. The van der Waals surface area contributed by atoms with Crippen LogP contribution < -0.4 is 10.1 Å². The second-order valence-corrected chi connectivity index (χ2v) is 5.09. The third-order valence-corrected chi connectivity index (χ3v) is 3.32. The third kappa shape index (κ3) is 8.68. The van der Waals surface area contributed by atoms with Crippen LogP contribution >= 0.6 is 0 Å². The van der Waals surface area contributed by atoms with Gasteiger partial charge in [-0.05, 0) is 24.3 Å². The lowest BCUT2D eigenvalue weighted by Gasteiger charge is -2.26. The maximum Gasteiger partial charge on any atom is 0.414 e. The van der Waals surface area contributed by atoms with E-state index < -0.39 is 11.9 Å². The molecule has 1 fully saturated rings. The number of methoxy groups -OCH3 is 1. The van der Waals surface area contributed by atoms with Gasteiger partial charge in [-0.3, -0.25) is 9.69 Å². The predicted octanol–water partition coefficient (Wildman–Crippen LogP) is 0.512. The Kier molecular flexibility index (Phi) is 8.97. The topological polar surface area (TPSA) is 125 Å². The number of hydrogen-bond donors (Lipinski definition) is 3. The number of hydrogen-bond acceptors (Lipinski definition) is 6. The van der Waals surface area contributed by atoms with Crippen molar-refractivity contribution in [2.45, 2.75) is 6.42 Å². The molecule has 0 bridgehead atoms. The van der Waals surface area contributed by atoms with Crippen molar-refractivity contribution in [2.75, 3.05) is 45.3 Å². The molecule has 138 valence electrons. The van der Waals surface area contributed by atoms with Gasteiger partial charge in [0, 0.05) is 31.7 Å². The van der Waals surface area contributed by atoms with Gasteiger partial charge in [-0.1, -0.05) is 0 Å². The van der Waals surface area contributed by atoms with Crippen molar-refractivity contribution in [3.05, 3.63) is 24.3 Å². The summed E-state index contributed by atoms with van der Waals surface area (Å²) in [5.74, 6) is -2.83. The van der Waals surface area contributed by atoms with Gasteiger partial charge in [-0.2, -0.15) is 0 Å². The summed E-state index contributed by atoms with van der Waals surface area (Å²) in [5.41, 5.74) is 0.799. The number of carboxylic acids is 2. The van der Waals surface area contributed by atoms with Crippen LogP contribution in [0, 0.1) is 0 Å². The van der Waals surface area contributed by atoms with E-state index in [1.54, 1.807) is 7.11 Å². The molecule has 0 saturated carbocycles. The molecule has 25 heavy (non-hydrogen) atoms. The van der Waals surface area contributed by atoms with Crippen LogP contribution in [0.5, 0.6) is 5.75 Å². The van der Waals surface area contributed by atoms with Gasteiger partial charge in [0.05, 0.1) is 20.3 Å². The van der Waals surface area contributed by atoms with Gasteiger partial charge in [0.25, 0.3) is 0 Å². The SMILES string of the molecule is COc1ccc(NC(=O)CCN2CCOCC2)cc1.O=C(O)C(=O)O. The number of nitrogens with zero attached hydrogens (tertiary/aromatic N) is 1. The number of anilines is 1. The minimum absolute atomic E-state index is 0.0386. The first kappa shape index (κ1) is 20.4. The molecule has 0 aromatic heterocycles. The highest BCUT2D eigenvalue weighted by Crippen LogP contribution is 2.15. The predicted molar refractivity (Wildman–Crippen MR) is 88.8 cm³/mol. The van der Waals surface area contributed by atoms with Crippen molar-refractivity contribution >= 4 is 23.5 Å². The molecule has 1 aliphatic rings. The molecule has 1 amide bonds. The molecule has 2 rings (SSSR count). The van der Waals surface area contributed by atoms with Crippen molar-refractivity contribution < 1.29 is 34.1 Å². The molecule has 0 spiro atoms. The van der Waals surface area contributed by atoms with E-state index in [-0.39, 0.29) is 5.91 Å². The van der Waals surface area contributed by atoms with Crippen molar-refractivity contribution in [2.24, 2.45) is 0 Å². The molecule has 0 aliphatic carbocycles. The monoisotopic (exact) mass is 354 g/mol. The van der Waals surface area contributed by atoms with Gasteiger partial charge in [-0.15, -0.1) is 0 Å². The van der Waals surface area contributed by atoms with E-state index in [4.69, 9.17) is 29.3 Å². The second kappa shape index (κ2) is 11.0. The zero-order valence-corrected chi connectivity index (χ0v) is 13.9. The Hall–Kier alpha value is -2.65. The Morgan fingerprint density at radius 1 is 1.12 bits per heavy atom. The minimum Gasteiger partial charge on any atom is -0.497 e. The smallest absolute Gasteiger partial charge is 0.414 e. The summed E-state index contributed by atoms with van der Waals surface area (Å²) in [6.07, 6.45) is 0.506. The first-order chi connectivity index (χ1) is 11.9. The van der Waals surface area contributed by atoms with Crippen molar-refractivity contribution in [1.82, 2.24) is 4.90 Å². The molecule has 1 aromatic rings. The van der Waals surface area contributed by atoms with Gasteiger partial charge in [0.2, 0.25) is 5.91 Å². The molecule has 3 N–H and O–H groups in total. The zero-order chi connectivity index (χ0) is 18.7. The summed E-state index contributed by atoms with van der Waals surface area (Å²) < 4.78 is 10.3. The molecule has 1 saturated heterocycles. The molecule has 9 heteroatoms. The van der Waals surface area contributed by atoms with Crippen LogP contribution in [0.3, 0.4) is 0 Å². The Morgan fingerprint density at radius 3 is 2.16 bits per heavy atom. The quantitative estimate of drug-likeness (QED) is 0.653. The summed E-state index contributed by atoms with van der Waals surface area (Å²) in [6, 6.07) is 7.34. The summed E-state index contributed by atoms with van der Waals surface area (Å²) >= 11 is 0. The number of ether oxygens (including phenoxy) is 2. The lowest BCUT2D eigenvalue weighted by molar-refractivity contribution is -0.159. The zero-order valence-electron chi connectivity index (χ0n) is 13.9. The van der Waals surface area contributed by atoms with Crippen LogP contribution in [0.25, 0.3) is 0 Å². The molecule has 0 unspecified atom stereocenters. The largest absolute Gasteiger partial charge is 0.497 e. The summed E-state index contributed by atoms with van der Waals surface area (Å²) in [4.78, 5) is 32.3. The molecule has 1 heterocycles. The van der Waals surface area contributed by atoms with Crippen LogP contribution in [-0.4, -0.2) is 72.9 Å². The first-order valence-electron chi connectivity index (χ1n) is 7.62. The molecular weight excluding hydrogens is 332 g/mol. The van der Waals surface area contributed by atoms with Gasteiger partial charge >= 0.3 is 11.9 Å². The Labute approximate surface area is 145 Å². The highest BCUT2D eigenvalue weighted by Gasteiger charge is 2.12. The maximum atomic E-state index is 11.8. The van der Waals surface area contributed by atoms with Crippen molar-refractivity contribution in [3.63, 3.8) is 0 Å². The Bertz CT molecular complexity index is 556. The maximum absolute atomic E-state index is 11.8. The van der Waals surface area contributed by atoms with Crippen LogP contribution in [-0.2, 0) is 19.1 Å². The van der Waals surface area contributed by atoms with E-state index in [1.165, 1.54) is 0 Å². The van der Waals surface area contributed by atoms with E-state index in [0.717, 1.165) is 44.3 Å². The van der Waals surface area contributed by atoms with E-state index >= 15 is 0 Å². The number of aliphatic carboxylic acids is 2. The van der Waals surface area contributed by atoms with Crippen LogP contribution in [0.1, 0.15) is 6.42 Å². The molecule has 1 aromatic carbocycles. The average molecular weight is 354 g/mol. The van der Waals surface area contributed by atoms with Gasteiger partial charge in [0.1, 0.15) is 5.75 Å². The number of carbonyl (C=O) groups is 3. The molecular formula is C16H22N2O7. The number of carboxylic acid groups (broad SMARTS) is 2. The normalized spacial score (nSPS) is 14.0. The van der Waals surface area contributed by atoms with Gasteiger partial charge in [-0.25, -0.2) is 9.59 Å². The van der Waals surface area contributed by atoms with Crippen LogP contribution in [0.2, 0.25) is 0 Å². The van der Waals surface area contributed by atoms with E-state index in [1.807, 2.05) is 24.3 Å². The third-order valence-electron chi connectivity index (χ3n) is 3.32. The van der Waals surface area contributed by atoms with Crippen molar-refractivity contribution in [1.29, 1.82) is 0 Å². The second-order valence-electron chi connectivity index (χ2n) is 5.09. The first-order valence-corrected chi connectivity index (χ1v) is 7.62. The molecule has 9 nitrogen and oxygen atoms in total. The van der Waals surface area contributed by atoms with Gasteiger partial charge < -0.3 is 25.0 Å². The Balaban J connectivity index is 0.000000450. The van der Waals surface area contributed by atoms with E-state index in [2.05, 4.69) is 10.2 Å². The highest BCUT2D eigenvalue weighted by molar-refractivity contribution is 6.27. The van der Waals surface area contributed by atoms with Crippen LogP contribution in [0.15, 0.2) is 24.3 Å². The lowest BCUT2D eigenvalue weighted by atomic mass is 10.3. The lowest BCUT2D eigenvalue weighted by Crippen LogP contribution is -2.38. The van der Waals surface area contributed by atoms with E-state index in [0.29, 0.717) is 6.42 Å². The van der Waals surface area contributed by atoms with Crippen molar-refractivity contribution in [3.8, 4) is 5.75 Å². The number of carbonyl (C=O) groups excluding carboxylic acids is 1. The molecule has 1 aliphatic heterocycles. The highest BCUT2D eigenvalue weighted by atomic mass is 16.5. The minimum atomic E-state index is -1.82.